The Morgan fingerprint density at radius 1 is 1.16 bits per heavy atom. The molecule has 0 fully saturated rings. The van der Waals surface area contributed by atoms with Crippen molar-refractivity contribution in [2.45, 2.75) is 6.61 Å². The summed E-state index contributed by atoms with van der Waals surface area (Å²) >= 11 is 0. The lowest BCUT2D eigenvalue weighted by atomic mass is 10.2. The number of amides is 1. The summed E-state index contributed by atoms with van der Waals surface area (Å²) in [6.07, 6.45) is 0. The van der Waals surface area contributed by atoms with Crippen molar-refractivity contribution >= 4 is 5.91 Å². The third-order valence-corrected chi connectivity index (χ3v) is 2.69. The highest BCUT2D eigenvalue weighted by Gasteiger charge is 2.09. The van der Waals surface area contributed by atoms with Crippen LogP contribution in [0.3, 0.4) is 0 Å². The van der Waals surface area contributed by atoms with E-state index in [0.717, 1.165) is 5.56 Å². The molecular weight excluding hydrogens is 242 g/mol. The molecule has 2 aromatic rings. The van der Waals surface area contributed by atoms with Crippen LogP contribution in [0.4, 0.5) is 0 Å². The first kappa shape index (κ1) is 13.0. The van der Waals surface area contributed by atoms with E-state index in [9.17, 15) is 4.79 Å². The number of hydrogen-bond donors (Lipinski definition) is 1. The molecule has 2 rings (SSSR count). The maximum atomic E-state index is 11.2. The zero-order valence-corrected chi connectivity index (χ0v) is 10.6. The number of primary amides is 1. The number of benzene rings is 2. The first-order chi connectivity index (χ1) is 9.20. The van der Waals surface area contributed by atoms with Gasteiger partial charge in [0.15, 0.2) is 0 Å². The molecule has 0 aliphatic rings. The topological polar surface area (TPSA) is 61.6 Å². The molecule has 0 saturated carbocycles. The number of carbonyl (C=O) groups is 1. The van der Waals surface area contributed by atoms with Gasteiger partial charge < -0.3 is 15.2 Å². The molecule has 0 aliphatic heterocycles. The van der Waals surface area contributed by atoms with E-state index < -0.39 is 5.91 Å². The van der Waals surface area contributed by atoms with Gasteiger partial charge in [-0.05, 0) is 17.7 Å². The lowest BCUT2D eigenvalue weighted by Crippen LogP contribution is -2.12. The predicted molar refractivity (Wildman–Crippen MR) is 72.3 cm³/mol. The molecule has 0 unspecified atom stereocenters. The molecule has 2 aromatic carbocycles. The molecule has 0 saturated heterocycles. The highest BCUT2D eigenvalue weighted by atomic mass is 16.5. The minimum absolute atomic E-state index is 0.342. The van der Waals surface area contributed by atoms with E-state index in [-0.39, 0.29) is 0 Å². The molecule has 2 N–H and O–H groups in total. The highest BCUT2D eigenvalue weighted by Crippen LogP contribution is 2.24. The fourth-order valence-corrected chi connectivity index (χ4v) is 1.71. The van der Waals surface area contributed by atoms with Crippen LogP contribution in [0.5, 0.6) is 11.5 Å². The van der Waals surface area contributed by atoms with Gasteiger partial charge in [0.25, 0.3) is 5.91 Å². The number of rotatable bonds is 5. The average molecular weight is 257 g/mol. The third-order valence-electron chi connectivity index (χ3n) is 2.69. The van der Waals surface area contributed by atoms with Crippen LogP contribution >= 0.6 is 0 Å². The number of hydrogen-bond acceptors (Lipinski definition) is 3. The minimum Gasteiger partial charge on any atom is -0.496 e. The van der Waals surface area contributed by atoms with Gasteiger partial charge >= 0.3 is 0 Å². The standard InChI is InChI=1S/C15H15NO3/c1-18-14-9-12(7-8-13(14)15(16)17)19-10-11-5-3-2-4-6-11/h2-9H,10H2,1H3,(H2,16,17). The van der Waals surface area contributed by atoms with E-state index in [1.807, 2.05) is 30.3 Å². The van der Waals surface area contributed by atoms with E-state index in [0.29, 0.717) is 23.7 Å². The summed E-state index contributed by atoms with van der Waals surface area (Å²) in [5, 5.41) is 0. The molecule has 0 bridgehead atoms. The van der Waals surface area contributed by atoms with Gasteiger partial charge in [0.05, 0.1) is 12.7 Å². The second kappa shape index (κ2) is 5.91. The summed E-state index contributed by atoms with van der Waals surface area (Å²) in [7, 11) is 1.49. The molecule has 4 heteroatoms. The smallest absolute Gasteiger partial charge is 0.252 e. The van der Waals surface area contributed by atoms with Gasteiger partial charge in [-0.3, -0.25) is 4.79 Å². The molecular formula is C15H15NO3. The molecule has 0 aromatic heterocycles. The fourth-order valence-electron chi connectivity index (χ4n) is 1.71. The summed E-state index contributed by atoms with van der Waals surface area (Å²) < 4.78 is 10.8. The van der Waals surface area contributed by atoms with Gasteiger partial charge in [0.2, 0.25) is 0 Å². The Bertz CT molecular complexity index is 567. The van der Waals surface area contributed by atoms with Crippen molar-refractivity contribution in [3.05, 3.63) is 59.7 Å². The molecule has 0 atom stereocenters. The van der Waals surface area contributed by atoms with Crippen LogP contribution < -0.4 is 15.2 Å². The maximum Gasteiger partial charge on any atom is 0.252 e. The molecule has 98 valence electrons. The summed E-state index contributed by atoms with van der Waals surface area (Å²) in [5.41, 5.74) is 6.66. The molecule has 0 heterocycles. The van der Waals surface area contributed by atoms with Crippen LogP contribution in [0.2, 0.25) is 0 Å². The molecule has 1 amide bonds. The quantitative estimate of drug-likeness (QED) is 0.894. The van der Waals surface area contributed by atoms with Crippen LogP contribution in [0.15, 0.2) is 48.5 Å². The zero-order valence-electron chi connectivity index (χ0n) is 10.6. The third kappa shape index (κ3) is 3.25. The van der Waals surface area contributed by atoms with Crippen LogP contribution in [0, 0.1) is 0 Å². The van der Waals surface area contributed by atoms with Gasteiger partial charge in [-0.25, -0.2) is 0 Å². The van der Waals surface area contributed by atoms with Crippen molar-refractivity contribution in [1.29, 1.82) is 0 Å². The Balaban J connectivity index is 2.11. The summed E-state index contributed by atoms with van der Waals surface area (Å²) in [4.78, 5) is 11.2. The number of ether oxygens (including phenoxy) is 2. The Labute approximate surface area is 111 Å². The van der Waals surface area contributed by atoms with Gasteiger partial charge in [0, 0.05) is 6.07 Å². The molecule has 4 nitrogen and oxygen atoms in total. The molecule has 19 heavy (non-hydrogen) atoms. The normalized spacial score (nSPS) is 9.95. The van der Waals surface area contributed by atoms with Crippen molar-refractivity contribution < 1.29 is 14.3 Å². The number of methoxy groups -OCH3 is 1. The molecule has 0 radical (unpaired) electrons. The summed E-state index contributed by atoms with van der Waals surface area (Å²) in [5.74, 6) is 0.523. The lowest BCUT2D eigenvalue weighted by Gasteiger charge is -2.10. The summed E-state index contributed by atoms with van der Waals surface area (Å²) in [6.45, 7) is 0.458. The van der Waals surface area contributed by atoms with E-state index >= 15 is 0 Å². The minimum atomic E-state index is -0.522. The van der Waals surface area contributed by atoms with Crippen molar-refractivity contribution in [2.75, 3.05) is 7.11 Å². The second-order valence-electron chi connectivity index (χ2n) is 4.00. The van der Waals surface area contributed by atoms with Crippen LogP contribution in [0.25, 0.3) is 0 Å². The maximum absolute atomic E-state index is 11.2. The molecule has 0 spiro atoms. The summed E-state index contributed by atoms with van der Waals surface area (Å²) in [6, 6.07) is 14.8. The monoisotopic (exact) mass is 257 g/mol. The Morgan fingerprint density at radius 2 is 1.89 bits per heavy atom. The van der Waals surface area contributed by atoms with Gasteiger partial charge in [0.1, 0.15) is 18.1 Å². The highest BCUT2D eigenvalue weighted by molar-refractivity contribution is 5.95. The first-order valence-electron chi connectivity index (χ1n) is 5.85. The largest absolute Gasteiger partial charge is 0.496 e. The SMILES string of the molecule is COc1cc(OCc2ccccc2)ccc1C(N)=O. The zero-order chi connectivity index (χ0) is 13.7. The van der Waals surface area contributed by atoms with Crippen LogP contribution in [-0.4, -0.2) is 13.0 Å². The average Bonchev–Trinajstić information content (AvgIpc) is 2.45. The first-order valence-corrected chi connectivity index (χ1v) is 5.85. The Morgan fingerprint density at radius 3 is 2.53 bits per heavy atom. The lowest BCUT2D eigenvalue weighted by molar-refractivity contribution is 0.0997. The van der Waals surface area contributed by atoms with Crippen molar-refractivity contribution in [2.24, 2.45) is 5.73 Å². The van der Waals surface area contributed by atoms with Crippen molar-refractivity contribution in [3.63, 3.8) is 0 Å². The van der Waals surface area contributed by atoms with E-state index in [1.54, 1.807) is 18.2 Å². The number of carbonyl (C=O) groups excluding carboxylic acids is 1. The second-order valence-corrected chi connectivity index (χ2v) is 4.00. The fraction of sp³-hybridized carbons (Fsp3) is 0.133. The van der Waals surface area contributed by atoms with E-state index in [2.05, 4.69) is 0 Å². The molecule has 0 aliphatic carbocycles. The van der Waals surface area contributed by atoms with Crippen molar-refractivity contribution in [1.82, 2.24) is 0 Å². The van der Waals surface area contributed by atoms with Crippen LogP contribution in [0.1, 0.15) is 15.9 Å². The van der Waals surface area contributed by atoms with Crippen molar-refractivity contribution in [3.8, 4) is 11.5 Å². The van der Waals surface area contributed by atoms with Gasteiger partial charge in [-0.2, -0.15) is 0 Å². The van der Waals surface area contributed by atoms with Gasteiger partial charge in [-0.1, -0.05) is 30.3 Å². The Hall–Kier alpha value is -2.49. The van der Waals surface area contributed by atoms with Gasteiger partial charge in [-0.15, -0.1) is 0 Å². The predicted octanol–water partition coefficient (Wildman–Crippen LogP) is 2.37. The number of nitrogens with two attached hydrogens (primary N) is 1. The Kier molecular flexibility index (Phi) is 4.03. The van der Waals surface area contributed by atoms with E-state index in [4.69, 9.17) is 15.2 Å². The van der Waals surface area contributed by atoms with E-state index in [1.165, 1.54) is 7.11 Å². The van der Waals surface area contributed by atoms with Crippen LogP contribution in [-0.2, 0) is 6.61 Å².